The summed E-state index contributed by atoms with van der Waals surface area (Å²) in [4.78, 5) is 0. The fourth-order valence-electron chi connectivity index (χ4n) is 5.30. The molecular weight excluding hydrogens is 472 g/mol. The van der Waals surface area contributed by atoms with E-state index in [1.807, 2.05) is 72.8 Å². The van der Waals surface area contributed by atoms with Gasteiger partial charge in [0.2, 0.25) is 0 Å². The molecule has 0 fully saturated rings. The average Bonchev–Trinajstić information content (AvgIpc) is 3.48. The zero-order valence-electron chi connectivity index (χ0n) is 29.8. The summed E-state index contributed by atoms with van der Waals surface area (Å²) in [5.41, 5.74) is 2.64. The van der Waals surface area contributed by atoms with Gasteiger partial charge in [-0.05, 0) is 55.9 Å². The molecule has 1 heterocycles. The zero-order valence-corrected chi connectivity index (χ0v) is 20.8. The van der Waals surface area contributed by atoms with E-state index < -0.39 is 42.3 Å². The summed E-state index contributed by atoms with van der Waals surface area (Å²) in [7, 11) is 0. The van der Waals surface area contributed by atoms with Crippen LogP contribution in [-0.2, 0) is 0 Å². The van der Waals surface area contributed by atoms with Crippen LogP contribution < -0.4 is 0 Å². The number of fused-ring (bicyclic) bond motifs is 3. The highest BCUT2D eigenvalue weighted by molar-refractivity contribution is 6.20. The van der Waals surface area contributed by atoms with E-state index in [4.69, 9.17) is 15.4 Å². The van der Waals surface area contributed by atoms with Crippen molar-refractivity contribution in [2.75, 3.05) is 0 Å². The Morgan fingerprint density at radius 1 is 0.641 bits per heavy atom. The number of hydrogen-bond donors (Lipinski definition) is 0. The third kappa shape index (κ3) is 3.71. The minimum atomic E-state index is -0.615. The molecule has 0 aliphatic rings. The molecule has 0 spiro atoms. The van der Waals surface area contributed by atoms with Crippen LogP contribution in [0.4, 0.5) is 0 Å². The van der Waals surface area contributed by atoms with Crippen LogP contribution in [0, 0.1) is 0 Å². The van der Waals surface area contributed by atoms with Crippen molar-refractivity contribution in [2.45, 2.75) is 0 Å². The van der Waals surface area contributed by atoms with Crippen molar-refractivity contribution in [3.8, 4) is 22.3 Å². The monoisotopic (exact) mass is 507 g/mol. The first kappa shape index (κ1) is 15.3. The predicted octanol–water partition coefficient (Wildman–Crippen LogP) is 10.8. The minimum absolute atomic E-state index is 0.0119. The molecule has 0 unspecified atom stereocenters. The molecule has 0 saturated heterocycles. The molecule has 0 aliphatic heterocycles. The fourth-order valence-corrected chi connectivity index (χ4v) is 5.30. The highest BCUT2D eigenvalue weighted by atomic mass is 16.3. The molecule has 7 aromatic rings. The molecule has 6 aromatic carbocycles. The molecule has 0 radical (unpaired) electrons. The first-order valence-corrected chi connectivity index (χ1v) is 12.4. The fraction of sp³-hybridized carbons (Fsp3) is 0. The van der Waals surface area contributed by atoms with Crippen molar-refractivity contribution in [1.29, 1.82) is 0 Å². The van der Waals surface area contributed by atoms with Crippen LogP contribution in [0.5, 0.6) is 0 Å². The van der Waals surface area contributed by atoms with Crippen molar-refractivity contribution < 1.29 is 16.8 Å². The van der Waals surface area contributed by atoms with Gasteiger partial charge in [-0.25, -0.2) is 0 Å². The van der Waals surface area contributed by atoms with E-state index in [0.717, 1.165) is 27.3 Å². The van der Waals surface area contributed by atoms with Gasteiger partial charge >= 0.3 is 0 Å². The van der Waals surface area contributed by atoms with Crippen LogP contribution in [0.15, 0.2) is 145 Å². The predicted molar refractivity (Wildman–Crippen MR) is 167 cm³/mol. The second kappa shape index (κ2) is 9.31. The third-order valence-corrected chi connectivity index (χ3v) is 6.97. The van der Waals surface area contributed by atoms with E-state index in [1.165, 1.54) is 0 Å². The topological polar surface area (TPSA) is 13.1 Å². The lowest BCUT2D eigenvalue weighted by Gasteiger charge is -2.19. The summed E-state index contributed by atoms with van der Waals surface area (Å²) in [6, 6.07) is 17.7. The Labute approximate surface area is 240 Å². The van der Waals surface area contributed by atoms with Crippen molar-refractivity contribution in [2.24, 2.45) is 0 Å². The summed E-state index contributed by atoms with van der Waals surface area (Å²) in [5, 5.41) is 3.63. The second-order valence-electron chi connectivity index (χ2n) is 9.11. The second-order valence-corrected chi connectivity index (χ2v) is 9.11. The number of rotatable bonds is 5. The van der Waals surface area contributed by atoms with Gasteiger partial charge in [0.05, 0.1) is 12.3 Å². The molecule has 0 N–H and O–H groups in total. The van der Waals surface area contributed by atoms with Gasteiger partial charge < -0.3 is 4.42 Å². The van der Waals surface area contributed by atoms with Gasteiger partial charge in [0, 0.05) is 22.1 Å². The van der Waals surface area contributed by atoms with Crippen molar-refractivity contribution in [3.63, 3.8) is 0 Å². The van der Waals surface area contributed by atoms with E-state index in [0.29, 0.717) is 33.3 Å². The lowest BCUT2D eigenvalue weighted by Crippen LogP contribution is -1.95. The van der Waals surface area contributed by atoms with Crippen LogP contribution in [-0.4, -0.2) is 0 Å². The molecule has 1 aromatic heterocycles. The van der Waals surface area contributed by atoms with Crippen molar-refractivity contribution in [1.82, 2.24) is 0 Å². The van der Waals surface area contributed by atoms with E-state index in [9.17, 15) is 1.37 Å². The third-order valence-electron chi connectivity index (χ3n) is 6.97. The molecule has 0 bridgehead atoms. The van der Waals surface area contributed by atoms with Crippen LogP contribution >= 0.6 is 0 Å². The molecule has 184 valence electrons. The molecule has 0 aliphatic carbocycles. The SMILES string of the molecule is [2H]c1c([2H])c([2H])c(-c2c([2H])c([2H])c([2H])c(-c3c4ccccc4c(C(=C)c4oc5ccccc5c4C=C)c4ccccc34)c2[2H])c([2H])c1[2H]. The standard InChI is InChI=1S/C38H26O/c1-3-29-30-18-11-12-23-35(30)39-38(29)25(2)36-31-19-7-9-21-33(31)37(34-22-10-8-20-32(34)36)28-17-13-16-27(24-28)26-14-5-4-6-15-26/h3-24H,1-2H2/i4D,5D,6D,13D,14D,15D,16D,17D,24D. The normalized spacial score (nSPS) is 14.5. The Balaban J connectivity index is 1.61. The highest BCUT2D eigenvalue weighted by Gasteiger charge is 2.22. The van der Waals surface area contributed by atoms with Crippen molar-refractivity contribution >= 4 is 44.2 Å². The molecule has 39 heavy (non-hydrogen) atoms. The Morgan fingerprint density at radius 2 is 1.21 bits per heavy atom. The van der Waals surface area contributed by atoms with E-state index in [1.54, 1.807) is 6.08 Å². The number of hydrogen-bond acceptors (Lipinski definition) is 1. The Hall–Kier alpha value is -5.14. The highest BCUT2D eigenvalue weighted by Crippen LogP contribution is 2.45. The summed E-state index contributed by atoms with van der Waals surface area (Å²) >= 11 is 0. The van der Waals surface area contributed by atoms with Gasteiger partial charge in [-0.2, -0.15) is 0 Å². The first-order chi connectivity index (χ1) is 23.0. The van der Waals surface area contributed by atoms with Gasteiger partial charge in [-0.3, -0.25) is 0 Å². The van der Waals surface area contributed by atoms with Gasteiger partial charge in [0.1, 0.15) is 11.3 Å². The van der Waals surface area contributed by atoms with E-state index in [-0.39, 0.29) is 28.8 Å². The van der Waals surface area contributed by atoms with Crippen LogP contribution in [0.3, 0.4) is 0 Å². The maximum Gasteiger partial charge on any atom is 0.142 e. The Morgan fingerprint density at radius 3 is 1.87 bits per heavy atom. The van der Waals surface area contributed by atoms with Gasteiger partial charge in [0.15, 0.2) is 0 Å². The first-order valence-electron chi connectivity index (χ1n) is 16.9. The average molecular weight is 508 g/mol. The molecule has 0 saturated carbocycles. The molecule has 0 atom stereocenters. The van der Waals surface area contributed by atoms with E-state index >= 15 is 0 Å². The molecular formula is C38H26O. The van der Waals surface area contributed by atoms with Crippen LogP contribution in [0.1, 0.15) is 29.2 Å². The minimum Gasteiger partial charge on any atom is -0.455 e. The zero-order chi connectivity index (χ0) is 34.2. The maximum atomic E-state index is 9.42. The summed E-state index contributed by atoms with van der Waals surface area (Å²) < 4.78 is 84.0. The van der Waals surface area contributed by atoms with Gasteiger partial charge in [0.25, 0.3) is 0 Å². The maximum absolute atomic E-state index is 9.42. The summed E-state index contributed by atoms with van der Waals surface area (Å²) in [5.74, 6) is 0.548. The molecule has 1 heteroatoms. The van der Waals surface area contributed by atoms with Crippen LogP contribution in [0.25, 0.3) is 66.4 Å². The largest absolute Gasteiger partial charge is 0.455 e. The number of para-hydroxylation sites is 1. The Kier molecular flexibility index (Phi) is 3.66. The van der Waals surface area contributed by atoms with Crippen LogP contribution in [0.2, 0.25) is 0 Å². The smallest absolute Gasteiger partial charge is 0.142 e. The lowest BCUT2D eigenvalue weighted by atomic mass is 9.84. The van der Waals surface area contributed by atoms with E-state index in [2.05, 4.69) is 13.2 Å². The summed E-state index contributed by atoms with van der Waals surface area (Å²) in [6.07, 6.45) is 1.74. The molecule has 0 amide bonds. The number of benzene rings is 6. The van der Waals surface area contributed by atoms with Gasteiger partial charge in [-0.1, -0.05) is 134 Å². The lowest BCUT2D eigenvalue weighted by molar-refractivity contribution is 0.600. The quantitative estimate of drug-likeness (QED) is 0.211. The molecule has 7 rings (SSSR count). The number of furan rings is 1. The molecule has 1 nitrogen and oxygen atoms in total. The summed E-state index contributed by atoms with van der Waals surface area (Å²) in [6.45, 7) is 8.52. The van der Waals surface area contributed by atoms with Gasteiger partial charge in [-0.15, -0.1) is 0 Å². The Bertz CT molecular complexity index is 2460. The van der Waals surface area contributed by atoms with Crippen molar-refractivity contribution in [3.05, 3.63) is 157 Å².